The summed E-state index contributed by atoms with van der Waals surface area (Å²) in [6.45, 7) is 0.936. The van der Waals surface area contributed by atoms with Crippen LogP contribution in [-0.4, -0.2) is 46.7 Å². The van der Waals surface area contributed by atoms with Crippen molar-refractivity contribution in [1.29, 1.82) is 0 Å². The summed E-state index contributed by atoms with van der Waals surface area (Å²) in [7, 11) is -0.762. The zero-order valence-corrected chi connectivity index (χ0v) is 6.95. The molecular formula is C6H11F2NOS. The van der Waals surface area contributed by atoms with Crippen molar-refractivity contribution in [2.75, 3.05) is 31.1 Å². The average molecular weight is 183 g/mol. The zero-order chi connectivity index (χ0) is 8.27. The molecule has 0 unspecified atom stereocenters. The fourth-order valence-electron chi connectivity index (χ4n) is 1.05. The van der Waals surface area contributed by atoms with Crippen molar-refractivity contribution in [1.82, 2.24) is 4.90 Å². The first-order valence-corrected chi connectivity index (χ1v) is 5.03. The molecule has 0 aromatic rings. The number of alkyl halides is 2. The van der Waals surface area contributed by atoms with E-state index in [0.29, 0.717) is 24.6 Å². The standard InChI is InChI=1S/C6H11F2NOS/c7-6(8)5-9-1-3-11(10)4-2-9/h6H,1-5H2. The molecule has 1 aliphatic rings. The molecule has 1 fully saturated rings. The number of hydrogen-bond acceptors (Lipinski definition) is 2. The first-order valence-electron chi connectivity index (χ1n) is 3.54. The second-order valence-corrected chi connectivity index (χ2v) is 4.24. The minimum absolute atomic E-state index is 0.169. The summed E-state index contributed by atoms with van der Waals surface area (Å²) in [6.07, 6.45) is -2.26. The van der Waals surface area contributed by atoms with Gasteiger partial charge < -0.3 is 0 Å². The van der Waals surface area contributed by atoms with Gasteiger partial charge in [-0.15, -0.1) is 0 Å². The van der Waals surface area contributed by atoms with Crippen LogP contribution in [-0.2, 0) is 10.8 Å². The molecule has 1 saturated heterocycles. The topological polar surface area (TPSA) is 20.3 Å². The molecule has 66 valence electrons. The highest BCUT2D eigenvalue weighted by molar-refractivity contribution is 7.85. The Balaban J connectivity index is 2.22. The van der Waals surface area contributed by atoms with Crippen molar-refractivity contribution in [3.63, 3.8) is 0 Å². The molecular weight excluding hydrogens is 172 g/mol. The summed E-state index contributed by atoms with van der Waals surface area (Å²) in [6, 6.07) is 0. The Morgan fingerprint density at radius 2 is 1.91 bits per heavy atom. The summed E-state index contributed by atoms with van der Waals surface area (Å²) in [5.74, 6) is 1.10. The Hall–Kier alpha value is -0.0300. The summed E-state index contributed by atoms with van der Waals surface area (Å²) < 4.78 is 34.4. The molecule has 0 bridgehead atoms. The van der Waals surface area contributed by atoms with Gasteiger partial charge in [0.1, 0.15) is 0 Å². The molecule has 0 aliphatic carbocycles. The second kappa shape index (κ2) is 4.11. The van der Waals surface area contributed by atoms with Crippen LogP contribution in [0.3, 0.4) is 0 Å². The molecule has 2 nitrogen and oxygen atoms in total. The maximum atomic E-state index is 11.8. The Morgan fingerprint density at radius 1 is 1.36 bits per heavy atom. The van der Waals surface area contributed by atoms with Crippen LogP contribution in [0.2, 0.25) is 0 Å². The van der Waals surface area contributed by atoms with Crippen molar-refractivity contribution in [3.8, 4) is 0 Å². The molecule has 1 rings (SSSR count). The summed E-state index contributed by atoms with van der Waals surface area (Å²) in [4.78, 5) is 1.66. The monoisotopic (exact) mass is 183 g/mol. The predicted molar refractivity (Wildman–Crippen MR) is 40.3 cm³/mol. The van der Waals surface area contributed by atoms with E-state index in [0.717, 1.165) is 0 Å². The highest BCUT2D eigenvalue weighted by Gasteiger charge is 2.17. The van der Waals surface area contributed by atoms with Crippen LogP contribution in [0.25, 0.3) is 0 Å². The molecule has 0 amide bonds. The van der Waals surface area contributed by atoms with E-state index in [1.807, 2.05) is 0 Å². The van der Waals surface area contributed by atoms with Gasteiger partial charge >= 0.3 is 0 Å². The summed E-state index contributed by atoms with van der Waals surface area (Å²) in [5, 5.41) is 0. The van der Waals surface area contributed by atoms with Crippen LogP contribution >= 0.6 is 0 Å². The third-order valence-corrected chi connectivity index (χ3v) is 2.94. The van der Waals surface area contributed by atoms with E-state index >= 15 is 0 Å². The van der Waals surface area contributed by atoms with Crippen molar-refractivity contribution in [3.05, 3.63) is 0 Å². The third-order valence-electron chi connectivity index (χ3n) is 1.67. The van der Waals surface area contributed by atoms with E-state index in [4.69, 9.17) is 0 Å². The fraction of sp³-hybridized carbons (Fsp3) is 1.00. The lowest BCUT2D eigenvalue weighted by atomic mass is 10.5. The minimum atomic E-state index is -2.26. The van der Waals surface area contributed by atoms with Crippen molar-refractivity contribution in [2.45, 2.75) is 6.43 Å². The SMILES string of the molecule is O=S1CCN(CC(F)F)CC1. The van der Waals surface area contributed by atoms with Gasteiger partial charge in [-0.05, 0) is 0 Å². The highest BCUT2D eigenvalue weighted by Crippen LogP contribution is 2.03. The summed E-state index contributed by atoms with van der Waals surface area (Å²) in [5.41, 5.74) is 0. The van der Waals surface area contributed by atoms with Crippen LogP contribution in [0.1, 0.15) is 0 Å². The van der Waals surface area contributed by atoms with Gasteiger partial charge in [0.25, 0.3) is 6.43 Å². The van der Waals surface area contributed by atoms with E-state index in [-0.39, 0.29) is 6.54 Å². The number of nitrogens with zero attached hydrogens (tertiary/aromatic N) is 1. The molecule has 5 heteroatoms. The van der Waals surface area contributed by atoms with E-state index in [2.05, 4.69) is 0 Å². The molecule has 0 aromatic carbocycles. The van der Waals surface area contributed by atoms with Crippen LogP contribution in [0.5, 0.6) is 0 Å². The molecule has 11 heavy (non-hydrogen) atoms. The quantitative estimate of drug-likeness (QED) is 0.614. The van der Waals surface area contributed by atoms with Crippen LogP contribution in [0, 0.1) is 0 Å². The first kappa shape index (κ1) is 9.06. The van der Waals surface area contributed by atoms with Gasteiger partial charge in [0, 0.05) is 35.4 Å². The molecule has 0 spiro atoms. The number of hydrogen-bond donors (Lipinski definition) is 0. The molecule has 1 aliphatic heterocycles. The third kappa shape index (κ3) is 3.25. The van der Waals surface area contributed by atoms with Crippen molar-refractivity contribution in [2.24, 2.45) is 0 Å². The molecule has 0 saturated carbocycles. The fourth-order valence-corrected chi connectivity index (χ4v) is 2.18. The lowest BCUT2D eigenvalue weighted by Gasteiger charge is -2.25. The molecule has 0 aromatic heterocycles. The van der Waals surface area contributed by atoms with E-state index in [1.54, 1.807) is 4.90 Å². The van der Waals surface area contributed by atoms with Crippen LogP contribution in [0.4, 0.5) is 8.78 Å². The average Bonchev–Trinajstić information content (AvgIpc) is 1.93. The Kier molecular flexibility index (Phi) is 3.39. The van der Waals surface area contributed by atoms with E-state index in [9.17, 15) is 13.0 Å². The van der Waals surface area contributed by atoms with E-state index < -0.39 is 17.2 Å². The zero-order valence-electron chi connectivity index (χ0n) is 6.13. The highest BCUT2D eigenvalue weighted by atomic mass is 32.2. The van der Waals surface area contributed by atoms with Gasteiger partial charge in [0.05, 0.1) is 6.54 Å². The van der Waals surface area contributed by atoms with Crippen LogP contribution < -0.4 is 0 Å². The Labute approximate surface area is 67.0 Å². The lowest BCUT2D eigenvalue weighted by molar-refractivity contribution is 0.0928. The molecule has 1 heterocycles. The van der Waals surface area contributed by atoms with E-state index in [1.165, 1.54) is 0 Å². The van der Waals surface area contributed by atoms with Crippen molar-refractivity contribution < 1.29 is 13.0 Å². The number of halogens is 2. The minimum Gasteiger partial charge on any atom is -0.296 e. The normalized spacial score (nSPS) is 22.8. The van der Waals surface area contributed by atoms with Gasteiger partial charge in [0.2, 0.25) is 0 Å². The van der Waals surface area contributed by atoms with Gasteiger partial charge in [0.15, 0.2) is 0 Å². The smallest absolute Gasteiger partial charge is 0.251 e. The molecule has 0 atom stereocenters. The Morgan fingerprint density at radius 3 is 2.36 bits per heavy atom. The molecule has 0 radical (unpaired) electrons. The van der Waals surface area contributed by atoms with Gasteiger partial charge in [-0.25, -0.2) is 8.78 Å². The van der Waals surface area contributed by atoms with Gasteiger partial charge in [-0.3, -0.25) is 9.11 Å². The number of rotatable bonds is 2. The summed E-state index contributed by atoms with van der Waals surface area (Å²) >= 11 is 0. The second-order valence-electron chi connectivity index (χ2n) is 2.54. The Bertz CT molecular complexity index is 144. The predicted octanol–water partition coefficient (Wildman–Crippen LogP) is 0.316. The van der Waals surface area contributed by atoms with Gasteiger partial charge in [-0.1, -0.05) is 0 Å². The van der Waals surface area contributed by atoms with Crippen molar-refractivity contribution >= 4 is 10.8 Å². The first-order chi connectivity index (χ1) is 5.18. The van der Waals surface area contributed by atoms with Gasteiger partial charge in [-0.2, -0.15) is 0 Å². The van der Waals surface area contributed by atoms with Crippen LogP contribution in [0.15, 0.2) is 0 Å². The largest absolute Gasteiger partial charge is 0.296 e. The maximum absolute atomic E-state index is 11.8. The lowest BCUT2D eigenvalue weighted by Crippen LogP contribution is -2.40. The molecule has 0 N–H and O–H groups in total. The maximum Gasteiger partial charge on any atom is 0.251 e.